The van der Waals surface area contributed by atoms with Gasteiger partial charge in [0.2, 0.25) is 0 Å². The van der Waals surface area contributed by atoms with Crippen molar-refractivity contribution in [3.05, 3.63) is 64.7 Å². The molecule has 0 saturated carbocycles. The molecule has 1 amide bonds. The molecule has 0 aliphatic heterocycles. The number of carbonyl (C=O) groups excluding carboxylic acids is 1. The first-order valence-corrected chi connectivity index (χ1v) is 11.3. The van der Waals surface area contributed by atoms with E-state index in [1.54, 1.807) is 18.2 Å². The van der Waals surface area contributed by atoms with E-state index in [-0.39, 0.29) is 17.4 Å². The van der Waals surface area contributed by atoms with Gasteiger partial charge in [0.05, 0.1) is 19.1 Å². The van der Waals surface area contributed by atoms with Gasteiger partial charge in [0.25, 0.3) is 5.91 Å². The molecule has 0 radical (unpaired) electrons. The number of rotatable bonds is 9. The van der Waals surface area contributed by atoms with Crippen molar-refractivity contribution in [2.75, 3.05) is 12.9 Å². The summed E-state index contributed by atoms with van der Waals surface area (Å²) >= 11 is 4.69. The molecular weight excluding hydrogens is 494 g/mol. The maximum Gasteiger partial charge on any atom is 0.250 e. The van der Waals surface area contributed by atoms with Gasteiger partial charge in [-0.3, -0.25) is 9.36 Å². The summed E-state index contributed by atoms with van der Waals surface area (Å²) in [7, 11) is 1.46. The van der Waals surface area contributed by atoms with E-state index in [1.165, 1.54) is 25.1 Å². The molecule has 0 spiro atoms. The van der Waals surface area contributed by atoms with Gasteiger partial charge >= 0.3 is 0 Å². The first-order chi connectivity index (χ1) is 15.4. The van der Waals surface area contributed by atoms with E-state index in [1.807, 2.05) is 35.8 Å². The molecule has 2 aromatic carbocycles. The van der Waals surface area contributed by atoms with Crippen LogP contribution in [-0.4, -0.2) is 44.9 Å². The van der Waals surface area contributed by atoms with Gasteiger partial charge in [-0.2, -0.15) is 5.10 Å². The first-order valence-electron chi connectivity index (χ1n) is 9.53. The minimum Gasteiger partial charge on any atom is -0.504 e. The molecule has 0 aliphatic carbocycles. The van der Waals surface area contributed by atoms with Gasteiger partial charge in [-0.1, -0.05) is 58.0 Å². The normalized spacial score (nSPS) is 11.0. The zero-order valence-electron chi connectivity index (χ0n) is 17.6. The molecule has 0 atom stereocenters. The van der Waals surface area contributed by atoms with E-state index in [0.717, 1.165) is 15.6 Å². The van der Waals surface area contributed by atoms with Crippen LogP contribution in [-0.2, 0) is 11.3 Å². The number of nitrogens with zero attached hydrogens (tertiary/aromatic N) is 4. The van der Waals surface area contributed by atoms with Crippen molar-refractivity contribution in [1.29, 1.82) is 0 Å². The number of hydrazone groups is 1. The predicted octanol–water partition coefficient (Wildman–Crippen LogP) is 4.24. The molecule has 0 saturated heterocycles. The summed E-state index contributed by atoms with van der Waals surface area (Å²) in [5, 5.41) is 23.1. The Hall–Kier alpha value is -3.11. The van der Waals surface area contributed by atoms with Crippen LogP contribution in [0.15, 0.2) is 69.3 Å². The topological polar surface area (TPSA) is 102 Å². The molecular formula is C22H22BrN5O3S. The van der Waals surface area contributed by atoms with Gasteiger partial charge in [-0.05, 0) is 31.2 Å². The Morgan fingerprint density at radius 2 is 2.06 bits per heavy atom. The Labute approximate surface area is 198 Å². The molecule has 10 heteroatoms. The summed E-state index contributed by atoms with van der Waals surface area (Å²) in [6.45, 7) is 6.45. The molecule has 0 fully saturated rings. The Morgan fingerprint density at radius 1 is 1.31 bits per heavy atom. The number of aromatic hydroxyl groups is 1. The number of phenols is 1. The fourth-order valence-corrected chi connectivity index (χ4v) is 3.76. The number of hydrogen-bond donors (Lipinski definition) is 2. The lowest BCUT2D eigenvalue weighted by atomic mass is 10.2. The fraction of sp³-hybridized carbons (Fsp3) is 0.182. The van der Waals surface area contributed by atoms with Crippen molar-refractivity contribution in [3.8, 4) is 22.9 Å². The van der Waals surface area contributed by atoms with Crippen LogP contribution in [0.4, 0.5) is 0 Å². The van der Waals surface area contributed by atoms with E-state index in [0.29, 0.717) is 28.8 Å². The molecule has 0 bridgehead atoms. The number of carbonyl (C=O) groups is 1. The molecule has 1 aromatic heterocycles. The Kier molecular flexibility index (Phi) is 8.07. The number of aromatic nitrogens is 3. The largest absolute Gasteiger partial charge is 0.504 e. The maximum absolute atomic E-state index is 12.2. The molecule has 0 aliphatic rings. The smallest absolute Gasteiger partial charge is 0.250 e. The van der Waals surface area contributed by atoms with Crippen LogP contribution in [0, 0.1) is 0 Å². The molecule has 1 heterocycles. The monoisotopic (exact) mass is 515 g/mol. The second-order valence-electron chi connectivity index (χ2n) is 6.84. The Balaban J connectivity index is 1.66. The van der Waals surface area contributed by atoms with Crippen molar-refractivity contribution >= 4 is 39.8 Å². The van der Waals surface area contributed by atoms with Crippen molar-refractivity contribution in [3.63, 3.8) is 0 Å². The molecule has 2 N–H and O–H groups in total. The summed E-state index contributed by atoms with van der Waals surface area (Å²) in [6.07, 6.45) is 1.36. The van der Waals surface area contributed by atoms with E-state index in [9.17, 15) is 9.90 Å². The molecule has 3 aromatic rings. The van der Waals surface area contributed by atoms with Crippen LogP contribution >= 0.6 is 27.7 Å². The third kappa shape index (κ3) is 5.98. The lowest BCUT2D eigenvalue weighted by molar-refractivity contribution is -0.118. The van der Waals surface area contributed by atoms with Crippen LogP contribution in [0.2, 0.25) is 0 Å². The summed E-state index contributed by atoms with van der Waals surface area (Å²) in [6, 6.07) is 12.8. The van der Waals surface area contributed by atoms with Gasteiger partial charge in [0.1, 0.15) is 0 Å². The zero-order valence-corrected chi connectivity index (χ0v) is 20.0. The number of thioether (sulfide) groups is 1. The second-order valence-corrected chi connectivity index (χ2v) is 8.69. The van der Waals surface area contributed by atoms with E-state index in [4.69, 9.17) is 4.74 Å². The van der Waals surface area contributed by atoms with Crippen LogP contribution in [0.1, 0.15) is 12.5 Å². The standard InChI is InChI=1S/C22H22BrN5O3S/c1-14(2)12-28-21(15-7-9-17(23)10-8-15)26-27-22(28)32-13-19(29)25-24-11-16-5-4-6-18(31-3)20(16)30/h4-11,30H,1,12-13H2,2-3H3,(H,25,29). The van der Waals surface area contributed by atoms with Gasteiger partial charge in [-0.25, -0.2) is 5.43 Å². The number of benzene rings is 2. The molecule has 8 nitrogen and oxygen atoms in total. The van der Waals surface area contributed by atoms with Gasteiger partial charge in [-0.15, -0.1) is 10.2 Å². The highest BCUT2D eigenvalue weighted by molar-refractivity contribution is 9.10. The van der Waals surface area contributed by atoms with Gasteiger partial charge in [0.15, 0.2) is 22.5 Å². The Bertz CT molecular complexity index is 1140. The lowest BCUT2D eigenvalue weighted by Gasteiger charge is -2.10. The number of hydrogen-bond acceptors (Lipinski definition) is 7. The minimum atomic E-state index is -0.316. The summed E-state index contributed by atoms with van der Waals surface area (Å²) in [5.41, 5.74) is 4.74. The highest BCUT2D eigenvalue weighted by Crippen LogP contribution is 2.28. The molecule has 166 valence electrons. The van der Waals surface area contributed by atoms with E-state index >= 15 is 0 Å². The van der Waals surface area contributed by atoms with Crippen molar-refractivity contribution in [2.45, 2.75) is 18.6 Å². The zero-order chi connectivity index (χ0) is 23.1. The third-order valence-electron chi connectivity index (χ3n) is 4.22. The SMILES string of the molecule is C=C(C)Cn1c(SCC(=O)NN=Cc2cccc(OC)c2O)nnc1-c1ccc(Br)cc1. The molecule has 3 rings (SSSR count). The molecule has 32 heavy (non-hydrogen) atoms. The van der Waals surface area contributed by atoms with Crippen LogP contribution in [0.25, 0.3) is 11.4 Å². The third-order valence-corrected chi connectivity index (χ3v) is 5.72. The lowest BCUT2D eigenvalue weighted by Crippen LogP contribution is -2.20. The summed E-state index contributed by atoms with van der Waals surface area (Å²) < 4.78 is 7.96. The molecule has 0 unspecified atom stereocenters. The van der Waals surface area contributed by atoms with Gasteiger partial charge in [0, 0.05) is 22.1 Å². The number of phenolic OH excluding ortho intramolecular Hbond substituents is 1. The number of methoxy groups -OCH3 is 1. The Morgan fingerprint density at radius 3 is 2.75 bits per heavy atom. The minimum absolute atomic E-state index is 0.0456. The number of nitrogens with one attached hydrogen (secondary N) is 1. The predicted molar refractivity (Wildman–Crippen MR) is 129 cm³/mol. The average Bonchev–Trinajstić information content (AvgIpc) is 3.15. The highest BCUT2D eigenvalue weighted by atomic mass is 79.9. The quantitative estimate of drug-likeness (QED) is 0.191. The number of allylic oxidation sites excluding steroid dienone is 1. The number of halogens is 1. The number of ether oxygens (including phenoxy) is 1. The summed E-state index contributed by atoms with van der Waals surface area (Å²) in [5.74, 6) is 0.763. The number of para-hydroxylation sites is 1. The highest BCUT2D eigenvalue weighted by Gasteiger charge is 2.16. The first kappa shape index (κ1) is 23.6. The van der Waals surface area contributed by atoms with Crippen molar-refractivity contribution < 1.29 is 14.6 Å². The number of amides is 1. The van der Waals surface area contributed by atoms with E-state index in [2.05, 4.69) is 43.2 Å². The maximum atomic E-state index is 12.2. The van der Waals surface area contributed by atoms with Crippen LogP contribution < -0.4 is 10.2 Å². The van der Waals surface area contributed by atoms with E-state index < -0.39 is 0 Å². The van der Waals surface area contributed by atoms with Crippen molar-refractivity contribution in [2.24, 2.45) is 5.10 Å². The summed E-state index contributed by atoms with van der Waals surface area (Å²) in [4.78, 5) is 12.2. The van der Waals surface area contributed by atoms with Gasteiger partial charge < -0.3 is 9.84 Å². The average molecular weight is 516 g/mol. The van der Waals surface area contributed by atoms with Crippen LogP contribution in [0.3, 0.4) is 0 Å². The fourth-order valence-electron chi connectivity index (χ4n) is 2.76. The second kappa shape index (κ2) is 11.0. The van der Waals surface area contributed by atoms with Crippen molar-refractivity contribution in [1.82, 2.24) is 20.2 Å². The van der Waals surface area contributed by atoms with Crippen LogP contribution in [0.5, 0.6) is 11.5 Å².